The summed E-state index contributed by atoms with van der Waals surface area (Å²) in [6.45, 7) is 2.10. The molecule has 0 aromatic heterocycles. The molecule has 7 nitrogen and oxygen atoms in total. The molecule has 2 aliphatic carbocycles. The van der Waals surface area contributed by atoms with E-state index in [1.807, 2.05) is 24.3 Å². The Hall–Kier alpha value is -3.61. The maximum absolute atomic E-state index is 12.2. The molecule has 172 valence electrons. The molecule has 0 unspecified atom stereocenters. The van der Waals surface area contributed by atoms with Crippen molar-refractivity contribution in [1.29, 1.82) is 0 Å². The van der Waals surface area contributed by atoms with Crippen LogP contribution < -0.4 is 10.6 Å². The molecule has 0 saturated heterocycles. The van der Waals surface area contributed by atoms with Crippen LogP contribution in [0.15, 0.2) is 60.2 Å². The molecular weight excluding hydrogens is 420 g/mol. The van der Waals surface area contributed by atoms with E-state index in [9.17, 15) is 14.4 Å². The highest BCUT2D eigenvalue weighted by Crippen LogP contribution is 2.44. The molecule has 7 heteroatoms. The van der Waals surface area contributed by atoms with Gasteiger partial charge in [0, 0.05) is 30.5 Å². The van der Waals surface area contributed by atoms with E-state index in [0.717, 1.165) is 11.1 Å². The molecule has 1 saturated carbocycles. The predicted octanol–water partition coefficient (Wildman–Crippen LogP) is 3.84. The number of hydrogen-bond acceptors (Lipinski definition) is 4. The van der Waals surface area contributed by atoms with E-state index in [1.165, 1.54) is 11.1 Å². The van der Waals surface area contributed by atoms with E-state index in [1.54, 1.807) is 13.0 Å². The third-order valence-corrected chi connectivity index (χ3v) is 6.39. The molecule has 2 aromatic rings. The molecule has 0 heterocycles. The lowest BCUT2D eigenvalue weighted by Crippen LogP contribution is -2.45. The van der Waals surface area contributed by atoms with Crippen LogP contribution in [0.25, 0.3) is 11.1 Å². The maximum Gasteiger partial charge on any atom is 0.407 e. The number of fused-ring (bicyclic) bond motifs is 3. The van der Waals surface area contributed by atoms with Gasteiger partial charge in [0.15, 0.2) is 0 Å². The van der Waals surface area contributed by atoms with Crippen LogP contribution in [0.5, 0.6) is 0 Å². The number of aliphatic carboxylic acids is 1. The molecule has 33 heavy (non-hydrogen) atoms. The van der Waals surface area contributed by atoms with Crippen molar-refractivity contribution in [2.24, 2.45) is 5.92 Å². The van der Waals surface area contributed by atoms with Crippen LogP contribution in [-0.2, 0) is 14.3 Å². The minimum absolute atomic E-state index is 0.00126. The lowest BCUT2D eigenvalue weighted by atomic mass is 9.78. The number of carboxylic acid groups (broad SMARTS) is 1. The lowest BCUT2D eigenvalue weighted by Gasteiger charge is -2.35. The number of ether oxygens (including phenoxy) is 1. The minimum Gasteiger partial charge on any atom is -0.481 e. The van der Waals surface area contributed by atoms with Gasteiger partial charge in [-0.3, -0.25) is 9.59 Å². The van der Waals surface area contributed by atoms with Crippen molar-refractivity contribution < 1.29 is 24.2 Å². The summed E-state index contributed by atoms with van der Waals surface area (Å²) in [5.41, 5.74) is 5.15. The van der Waals surface area contributed by atoms with E-state index in [2.05, 4.69) is 34.9 Å². The molecule has 0 atom stereocenters. The molecule has 2 aliphatic rings. The van der Waals surface area contributed by atoms with Gasteiger partial charge in [-0.15, -0.1) is 0 Å². The maximum atomic E-state index is 12.2. The number of carboxylic acids is 1. The summed E-state index contributed by atoms with van der Waals surface area (Å²) < 4.78 is 5.49. The van der Waals surface area contributed by atoms with Crippen molar-refractivity contribution in [3.63, 3.8) is 0 Å². The third kappa shape index (κ3) is 5.25. The van der Waals surface area contributed by atoms with E-state index in [0.29, 0.717) is 18.4 Å². The van der Waals surface area contributed by atoms with Crippen LogP contribution in [0, 0.1) is 5.92 Å². The van der Waals surface area contributed by atoms with Gasteiger partial charge in [0.1, 0.15) is 6.61 Å². The summed E-state index contributed by atoms with van der Waals surface area (Å²) in [5, 5.41) is 14.4. The van der Waals surface area contributed by atoms with Crippen LogP contribution in [0.3, 0.4) is 0 Å². The summed E-state index contributed by atoms with van der Waals surface area (Å²) in [5.74, 6) is -0.880. The number of nitrogens with one attached hydrogen (secondary N) is 2. The quantitative estimate of drug-likeness (QED) is 0.532. The van der Waals surface area contributed by atoms with Gasteiger partial charge in [-0.1, -0.05) is 54.6 Å². The highest BCUT2D eigenvalue weighted by Gasteiger charge is 2.32. The van der Waals surface area contributed by atoms with Crippen LogP contribution in [0.2, 0.25) is 0 Å². The Bertz CT molecular complexity index is 1040. The summed E-state index contributed by atoms with van der Waals surface area (Å²) in [4.78, 5) is 35.2. The summed E-state index contributed by atoms with van der Waals surface area (Å²) in [6, 6.07) is 16.3. The first-order valence-corrected chi connectivity index (χ1v) is 11.2. The van der Waals surface area contributed by atoms with Crippen LogP contribution >= 0.6 is 0 Å². The van der Waals surface area contributed by atoms with Gasteiger partial charge in [0.25, 0.3) is 0 Å². The van der Waals surface area contributed by atoms with E-state index in [-0.39, 0.29) is 43.4 Å². The second-order valence-corrected chi connectivity index (χ2v) is 8.70. The Balaban J connectivity index is 1.22. The first-order chi connectivity index (χ1) is 15.9. The average molecular weight is 449 g/mol. The Morgan fingerprint density at radius 3 is 2.24 bits per heavy atom. The van der Waals surface area contributed by atoms with E-state index < -0.39 is 12.1 Å². The Labute approximate surface area is 192 Å². The molecule has 2 aromatic carbocycles. The van der Waals surface area contributed by atoms with Crippen molar-refractivity contribution in [3.05, 3.63) is 71.3 Å². The SMILES string of the molecule is C/C(=C\CNC(=O)OCC1c2ccccc2-c2ccccc21)C(=O)NC1CC(CC(=O)O)C1. The number of rotatable bonds is 8. The fraction of sp³-hybridized carbons (Fsp3) is 0.346. The van der Waals surface area contributed by atoms with Crippen LogP contribution in [0.1, 0.15) is 43.2 Å². The summed E-state index contributed by atoms with van der Waals surface area (Å²) in [7, 11) is 0. The van der Waals surface area contributed by atoms with Gasteiger partial charge in [-0.2, -0.15) is 0 Å². The first kappa shape index (κ1) is 22.6. The number of carbonyl (C=O) groups is 3. The number of carbonyl (C=O) groups excluding carboxylic acids is 2. The summed E-state index contributed by atoms with van der Waals surface area (Å²) >= 11 is 0. The van der Waals surface area contributed by atoms with Gasteiger partial charge >= 0.3 is 12.1 Å². The van der Waals surface area contributed by atoms with Crippen molar-refractivity contribution in [2.45, 2.75) is 38.1 Å². The normalized spacial score (nSPS) is 19.1. The Morgan fingerprint density at radius 1 is 1.03 bits per heavy atom. The Morgan fingerprint density at radius 2 is 1.64 bits per heavy atom. The summed E-state index contributed by atoms with van der Waals surface area (Å²) in [6.07, 6.45) is 2.62. The molecule has 1 fully saturated rings. The second kappa shape index (κ2) is 9.90. The highest BCUT2D eigenvalue weighted by atomic mass is 16.5. The van der Waals surface area contributed by atoms with Crippen molar-refractivity contribution >= 4 is 18.0 Å². The lowest BCUT2D eigenvalue weighted by molar-refractivity contribution is -0.138. The molecule has 3 N–H and O–H groups in total. The number of benzene rings is 2. The fourth-order valence-corrected chi connectivity index (χ4v) is 4.60. The number of amides is 2. The molecule has 4 rings (SSSR count). The molecule has 0 spiro atoms. The largest absolute Gasteiger partial charge is 0.481 e. The van der Waals surface area contributed by atoms with Crippen LogP contribution in [0.4, 0.5) is 4.79 Å². The van der Waals surface area contributed by atoms with Gasteiger partial charge in [-0.05, 0) is 47.9 Å². The second-order valence-electron chi connectivity index (χ2n) is 8.70. The van der Waals surface area contributed by atoms with Crippen molar-refractivity contribution in [3.8, 4) is 11.1 Å². The minimum atomic E-state index is -0.805. The van der Waals surface area contributed by atoms with Crippen molar-refractivity contribution in [1.82, 2.24) is 10.6 Å². The average Bonchev–Trinajstić information content (AvgIpc) is 3.09. The number of alkyl carbamates (subject to hydrolysis) is 1. The third-order valence-electron chi connectivity index (χ3n) is 6.39. The first-order valence-electron chi connectivity index (χ1n) is 11.2. The molecule has 0 aliphatic heterocycles. The number of hydrogen-bond donors (Lipinski definition) is 3. The smallest absolute Gasteiger partial charge is 0.407 e. The van der Waals surface area contributed by atoms with Crippen LogP contribution in [-0.4, -0.2) is 42.3 Å². The van der Waals surface area contributed by atoms with Gasteiger partial charge in [-0.25, -0.2) is 4.79 Å². The van der Waals surface area contributed by atoms with Gasteiger partial charge in [0.2, 0.25) is 5.91 Å². The molecule has 2 amide bonds. The zero-order chi connectivity index (χ0) is 23.4. The molecular formula is C26H28N2O5. The van der Waals surface area contributed by atoms with E-state index in [4.69, 9.17) is 9.84 Å². The molecule has 0 bridgehead atoms. The highest BCUT2D eigenvalue weighted by molar-refractivity contribution is 5.93. The Kier molecular flexibility index (Phi) is 6.77. The molecule has 0 radical (unpaired) electrons. The van der Waals surface area contributed by atoms with E-state index >= 15 is 0 Å². The predicted molar refractivity (Wildman–Crippen MR) is 124 cm³/mol. The van der Waals surface area contributed by atoms with Gasteiger partial charge in [0.05, 0.1) is 0 Å². The van der Waals surface area contributed by atoms with Crippen molar-refractivity contribution in [2.75, 3.05) is 13.2 Å². The fourth-order valence-electron chi connectivity index (χ4n) is 4.60. The standard InChI is InChI=1S/C26H28N2O5/c1-16(25(31)28-18-12-17(13-18)14-24(29)30)10-11-27-26(32)33-15-23-21-8-4-2-6-19(21)20-7-3-5-9-22(20)23/h2-10,17-18,23H,11-15H2,1H3,(H,27,32)(H,28,31)(H,29,30)/b16-10+. The van der Waals surface area contributed by atoms with Gasteiger partial charge < -0.3 is 20.5 Å². The zero-order valence-electron chi connectivity index (χ0n) is 18.5. The zero-order valence-corrected chi connectivity index (χ0v) is 18.5. The monoisotopic (exact) mass is 448 g/mol. The topological polar surface area (TPSA) is 105 Å².